The van der Waals surface area contributed by atoms with Crippen molar-refractivity contribution in [1.82, 2.24) is 35.1 Å². The van der Waals surface area contributed by atoms with Crippen LogP contribution in [0.4, 0.5) is 14.9 Å². The summed E-state index contributed by atoms with van der Waals surface area (Å²) in [5.74, 6) is -1.54. The van der Waals surface area contributed by atoms with Gasteiger partial charge in [-0.3, -0.25) is 19.1 Å². The molecule has 12 nitrogen and oxygen atoms in total. The fourth-order valence-electron chi connectivity index (χ4n) is 7.03. The molecular weight excluding hydrogens is 615 g/mol. The summed E-state index contributed by atoms with van der Waals surface area (Å²) < 4.78 is 17.4. The lowest BCUT2D eigenvalue weighted by Gasteiger charge is -2.37. The van der Waals surface area contributed by atoms with Crippen molar-refractivity contribution in [1.29, 1.82) is 0 Å². The largest absolute Gasteiger partial charge is 0.339 e. The molecule has 2 heterocycles. The lowest BCUT2D eigenvalue weighted by molar-refractivity contribution is -0.135. The molecule has 4 fully saturated rings. The number of nitrogens with zero attached hydrogens (tertiary/aromatic N) is 5. The highest BCUT2D eigenvalue weighted by Crippen LogP contribution is 2.51. The SMILES string of the molecule is CCn1nccc1C(=O)N[C@H](C(=O)Nc1ccc([C@H](C)[C@@H](NC(=O)N(C)C2CC2)C(=O)N2CCN(C)CC2)cc1F)C(C1CC1)C1CC1. The predicted molar refractivity (Wildman–Crippen MR) is 179 cm³/mol. The summed E-state index contributed by atoms with van der Waals surface area (Å²) in [4.78, 5) is 59.7. The lowest BCUT2D eigenvalue weighted by atomic mass is 9.88. The van der Waals surface area contributed by atoms with Crippen LogP contribution in [-0.2, 0) is 16.1 Å². The van der Waals surface area contributed by atoms with Gasteiger partial charge in [0.25, 0.3) is 5.91 Å². The second kappa shape index (κ2) is 14.2. The number of amides is 5. The molecule has 260 valence electrons. The molecule has 4 aliphatic rings. The van der Waals surface area contributed by atoms with E-state index in [9.17, 15) is 19.2 Å². The maximum absolute atomic E-state index is 15.8. The number of carbonyl (C=O) groups is 4. The average molecular weight is 665 g/mol. The Labute approximate surface area is 281 Å². The van der Waals surface area contributed by atoms with Gasteiger partial charge in [0.2, 0.25) is 11.8 Å². The van der Waals surface area contributed by atoms with Crippen molar-refractivity contribution in [3.63, 3.8) is 0 Å². The molecule has 0 unspecified atom stereocenters. The van der Waals surface area contributed by atoms with Gasteiger partial charge in [0.15, 0.2) is 0 Å². The van der Waals surface area contributed by atoms with Crippen LogP contribution in [0.3, 0.4) is 0 Å². The summed E-state index contributed by atoms with van der Waals surface area (Å²) >= 11 is 0. The third-order valence-corrected chi connectivity index (χ3v) is 10.6. The van der Waals surface area contributed by atoms with Crippen molar-refractivity contribution in [2.45, 2.75) is 83.0 Å². The van der Waals surface area contributed by atoms with Crippen molar-refractivity contribution in [2.24, 2.45) is 17.8 Å². The van der Waals surface area contributed by atoms with Crippen LogP contribution < -0.4 is 16.0 Å². The van der Waals surface area contributed by atoms with Crippen LogP contribution in [0.5, 0.6) is 0 Å². The van der Waals surface area contributed by atoms with Gasteiger partial charge in [-0.25, -0.2) is 9.18 Å². The minimum atomic E-state index is -0.893. The minimum absolute atomic E-state index is 0.00131. The van der Waals surface area contributed by atoms with Crippen LogP contribution in [0, 0.1) is 23.6 Å². The van der Waals surface area contributed by atoms with E-state index in [1.54, 1.807) is 39.9 Å². The van der Waals surface area contributed by atoms with Gasteiger partial charge in [-0.15, -0.1) is 0 Å². The number of urea groups is 1. The smallest absolute Gasteiger partial charge is 0.318 e. The van der Waals surface area contributed by atoms with Crippen LogP contribution >= 0.6 is 0 Å². The number of nitrogens with one attached hydrogen (secondary N) is 3. The Bertz CT molecular complexity index is 1500. The molecule has 1 aromatic carbocycles. The molecule has 3 saturated carbocycles. The number of halogens is 1. The zero-order valence-corrected chi connectivity index (χ0v) is 28.5. The van der Waals surface area contributed by atoms with Gasteiger partial charge in [0.1, 0.15) is 23.6 Å². The number of benzene rings is 1. The normalized spacial score (nSPS) is 20.2. The van der Waals surface area contributed by atoms with Crippen LogP contribution in [0.1, 0.15) is 74.3 Å². The monoisotopic (exact) mass is 664 g/mol. The summed E-state index contributed by atoms with van der Waals surface area (Å²) in [5.41, 5.74) is 0.902. The van der Waals surface area contributed by atoms with Gasteiger partial charge in [-0.2, -0.15) is 5.10 Å². The Morgan fingerprint density at radius 3 is 2.21 bits per heavy atom. The minimum Gasteiger partial charge on any atom is -0.339 e. The van der Waals surface area contributed by atoms with Crippen molar-refractivity contribution >= 4 is 29.4 Å². The van der Waals surface area contributed by atoms with Crippen LogP contribution in [-0.4, -0.2) is 107 Å². The molecule has 3 N–H and O–H groups in total. The molecule has 2 aromatic rings. The van der Waals surface area contributed by atoms with Crippen molar-refractivity contribution < 1.29 is 23.6 Å². The molecular formula is C35H49FN8O4. The Kier molecular flexibility index (Phi) is 10.0. The van der Waals surface area contributed by atoms with Gasteiger partial charge >= 0.3 is 6.03 Å². The third kappa shape index (κ3) is 7.66. The third-order valence-electron chi connectivity index (χ3n) is 10.6. The first-order chi connectivity index (χ1) is 23.0. The molecule has 0 spiro atoms. The molecule has 48 heavy (non-hydrogen) atoms. The topological polar surface area (TPSA) is 132 Å². The van der Waals surface area contributed by atoms with E-state index < -0.39 is 29.7 Å². The Balaban J connectivity index is 1.19. The number of likely N-dealkylation sites (N-methyl/N-ethyl adjacent to an activating group) is 1. The van der Waals surface area contributed by atoms with E-state index in [4.69, 9.17) is 0 Å². The Hall–Kier alpha value is -4.00. The van der Waals surface area contributed by atoms with Crippen molar-refractivity contribution in [3.05, 3.63) is 47.5 Å². The molecule has 1 aliphatic heterocycles. The quantitative estimate of drug-likeness (QED) is 0.301. The number of aryl methyl sites for hydroxylation is 1. The first-order valence-corrected chi connectivity index (χ1v) is 17.5. The van der Waals surface area contributed by atoms with Crippen molar-refractivity contribution in [3.8, 4) is 0 Å². The first-order valence-electron chi connectivity index (χ1n) is 17.5. The fraction of sp³-hybridized carbons (Fsp3) is 0.629. The molecule has 1 saturated heterocycles. The number of anilines is 1. The number of rotatable bonds is 13. The highest BCUT2D eigenvalue weighted by Gasteiger charge is 2.48. The number of aromatic nitrogens is 2. The summed E-state index contributed by atoms with van der Waals surface area (Å²) in [6.07, 6.45) is 7.47. The van der Waals surface area contributed by atoms with E-state index in [1.165, 1.54) is 12.1 Å². The van der Waals surface area contributed by atoms with Crippen LogP contribution in [0.15, 0.2) is 30.5 Å². The molecule has 1 aromatic heterocycles. The van der Waals surface area contributed by atoms with E-state index in [2.05, 4.69) is 25.9 Å². The highest BCUT2D eigenvalue weighted by molar-refractivity contribution is 6.01. The fourth-order valence-corrected chi connectivity index (χ4v) is 7.03. The maximum atomic E-state index is 15.8. The van der Waals surface area contributed by atoms with E-state index in [0.29, 0.717) is 42.7 Å². The van der Waals surface area contributed by atoms with Crippen LogP contribution in [0.2, 0.25) is 0 Å². The number of carbonyl (C=O) groups excluding carboxylic acids is 4. The van der Waals surface area contributed by atoms with Gasteiger partial charge < -0.3 is 30.7 Å². The predicted octanol–water partition coefficient (Wildman–Crippen LogP) is 3.27. The molecule has 0 bridgehead atoms. The van der Waals surface area contributed by atoms with E-state index in [0.717, 1.165) is 51.6 Å². The molecule has 13 heteroatoms. The lowest BCUT2D eigenvalue weighted by Crippen LogP contribution is -2.57. The van der Waals surface area contributed by atoms with Gasteiger partial charge in [-0.1, -0.05) is 13.0 Å². The van der Waals surface area contributed by atoms with Crippen LogP contribution in [0.25, 0.3) is 0 Å². The maximum Gasteiger partial charge on any atom is 0.318 e. The Morgan fingerprint density at radius 1 is 0.958 bits per heavy atom. The average Bonchev–Trinajstić information content (AvgIpc) is 3.94. The Morgan fingerprint density at radius 2 is 1.62 bits per heavy atom. The zero-order valence-electron chi connectivity index (χ0n) is 28.5. The molecule has 0 radical (unpaired) electrons. The van der Waals surface area contributed by atoms with E-state index >= 15 is 4.39 Å². The standard InChI is InChI=1S/C35H49FN8O4/c1-5-44-28(14-15-37-44)32(45)39-31(29(22-6-7-22)23-8-9-23)33(46)38-27-13-10-24(20-26(27)36)21(2)30(40-35(48)42(4)25-11-12-25)34(47)43-18-16-41(3)17-19-43/h10,13-15,20-23,25,29-31H,5-9,11-12,16-19H2,1-4H3,(H,38,46)(H,39,45)(H,40,48)/t21-,30+,31-/m0/s1. The van der Waals surface area contributed by atoms with Gasteiger partial charge in [-0.05, 0) is 94.0 Å². The number of hydrogen-bond donors (Lipinski definition) is 3. The highest BCUT2D eigenvalue weighted by atomic mass is 19.1. The summed E-state index contributed by atoms with van der Waals surface area (Å²) in [6, 6.07) is 4.29. The molecule has 5 amide bonds. The summed E-state index contributed by atoms with van der Waals surface area (Å²) in [6.45, 7) is 6.78. The molecule has 3 aliphatic carbocycles. The second-order valence-corrected chi connectivity index (χ2v) is 14.2. The number of piperazine rings is 1. The van der Waals surface area contributed by atoms with E-state index in [-0.39, 0.29) is 35.5 Å². The second-order valence-electron chi connectivity index (χ2n) is 14.2. The summed E-state index contributed by atoms with van der Waals surface area (Å²) in [5, 5.41) is 12.9. The summed E-state index contributed by atoms with van der Waals surface area (Å²) in [7, 11) is 3.74. The molecule has 6 rings (SSSR count). The van der Waals surface area contributed by atoms with Crippen molar-refractivity contribution in [2.75, 3.05) is 45.6 Å². The zero-order chi connectivity index (χ0) is 34.1. The first kappa shape index (κ1) is 33.9. The number of hydrogen-bond acceptors (Lipinski definition) is 6. The van der Waals surface area contributed by atoms with Gasteiger partial charge in [0.05, 0.1) is 5.69 Å². The van der Waals surface area contributed by atoms with Gasteiger partial charge in [0, 0.05) is 57.9 Å². The molecule has 3 atom stereocenters. The van der Waals surface area contributed by atoms with E-state index in [1.807, 2.05) is 20.9 Å².